The molecule has 0 bridgehead atoms. The molecular weight excluding hydrogens is 433 g/mol. The van der Waals surface area contributed by atoms with Gasteiger partial charge < -0.3 is 15.2 Å². The van der Waals surface area contributed by atoms with Crippen LogP contribution in [0.5, 0.6) is 0 Å². The standard InChI is InChI=1S/C23H21F3N6O/c1-13(2)32-12-18(17-4-6-28-11-20(17)32)19-5-7-29-22(31-19)30-16-9-14(21(33)27-3)8-15(10-16)23(24,25)26/h4-13H,1-3H3,(H,27,33)(H,29,30,31). The lowest BCUT2D eigenvalue weighted by Crippen LogP contribution is -2.19. The van der Waals surface area contributed by atoms with E-state index in [9.17, 15) is 18.0 Å². The fraction of sp³-hybridized carbons (Fsp3) is 0.217. The predicted molar refractivity (Wildman–Crippen MR) is 119 cm³/mol. The van der Waals surface area contributed by atoms with Gasteiger partial charge in [0.25, 0.3) is 5.91 Å². The zero-order valence-corrected chi connectivity index (χ0v) is 18.1. The molecule has 0 aliphatic rings. The molecular formula is C23H21F3N6O. The van der Waals surface area contributed by atoms with E-state index >= 15 is 0 Å². The van der Waals surface area contributed by atoms with Crippen LogP contribution < -0.4 is 10.6 Å². The quantitative estimate of drug-likeness (QED) is 0.433. The Hall–Kier alpha value is -3.95. The zero-order valence-electron chi connectivity index (χ0n) is 18.1. The predicted octanol–water partition coefficient (Wildman–Crippen LogP) is 5.20. The molecule has 3 aromatic heterocycles. The molecule has 33 heavy (non-hydrogen) atoms. The SMILES string of the molecule is CNC(=O)c1cc(Nc2nccc(-c3cn(C(C)C)c4cnccc34)n2)cc(C(F)(F)F)c1. The molecule has 0 unspecified atom stereocenters. The van der Waals surface area contributed by atoms with Crippen molar-refractivity contribution in [2.75, 3.05) is 12.4 Å². The maximum Gasteiger partial charge on any atom is 0.416 e. The number of alkyl halides is 3. The van der Waals surface area contributed by atoms with E-state index in [-0.39, 0.29) is 23.2 Å². The highest BCUT2D eigenvalue weighted by atomic mass is 19.4. The summed E-state index contributed by atoms with van der Waals surface area (Å²) < 4.78 is 42.2. The van der Waals surface area contributed by atoms with Gasteiger partial charge in [0.15, 0.2) is 0 Å². The first-order valence-electron chi connectivity index (χ1n) is 10.2. The largest absolute Gasteiger partial charge is 0.416 e. The Morgan fingerprint density at radius 1 is 1.12 bits per heavy atom. The molecule has 0 fully saturated rings. The fourth-order valence-corrected chi connectivity index (χ4v) is 3.57. The van der Waals surface area contributed by atoms with Crippen LogP contribution in [0.1, 0.15) is 35.8 Å². The summed E-state index contributed by atoms with van der Waals surface area (Å²) in [6, 6.07) is 6.85. The second kappa shape index (κ2) is 8.53. The minimum absolute atomic E-state index is 0.0504. The van der Waals surface area contributed by atoms with Crippen LogP contribution >= 0.6 is 0 Å². The molecule has 1 amide bonds. The van der Waals surface area contributed by atoms with Gasteiger partial charge in [-0.3, -0.25) is 9.78 Å². The van der Waals surface area contributed by atoms with Crippen molar-refractivity contribution in [2.24, 2.45) is 0 Å². The third-order valence-electron chi connectivity index (χ3n) is 5.13. The van der Waals surface area contributed by atoms with E-state index in [4.69, 9.17) is 0 Å². The van der Waals surface area contributed by atoms with Crippen LogP contribution in [0, 0.1) is 0 Å². The van der Waals surface area contributed by atoms with Crippen LogP contribution in [-0.4, -0.2) is 32.5 Å². The van der Waals surface area contributed by atoms with Gasteiger partial charge in [0.1, 0.15) is 0 Å². The summed E-state index contributed by atoms with van der Waals surface area (Å²) >= 11 is 0. The number of carbonyl (C=O) groups is 1. The molecule has 4 aromatic rings. The Morgan fingerprint density at radius 3 is 2.61 bits per heavy atom. The molecule has 7 nitrogen and oxygen atoms in total. The number of nitrogens with zero attached hydrogens (tertiary/aromatic N) is 4. The van der Waals surface area contributed by atoms with Crippen molar-refractivity contribution in [3.05, 3.63) is 66.2 Å². The summed E-state index contributed by atoms with van der Waals surface area (Å²) in [6.45, 7) is 4.11. The third-order valence-corrected chi connectivity index (χ3v) is 5.13. The summed E-state index contributed by atoms with van der Waals surface area (Å²) in [7, 11) is 1.35. The molecule has 4 rings (SSSR count). The van der Waals surface area contributed by atoms with Gasteiger partial charge in [-0.2, -0.15) is 13.2 Å². The highest BCUT2D eigenvalue weighted by Crippen LogP contribution is 2.34. The number of benzene rings is 1. The molecule has 2 N–H and O–H groups in total. The van der Waals surface area contributed by atoms with Crippen LogP contribution in [-0.2, 0) is 6.18 Å². The third kappa shape index (κ3) is 4.50. The van der Waals surface area contributed by atoms with Gasteiger partial charge in [0.2, 0.25) is 5.95 Å². The average molecular weight is 454 g/mol. The summed E-state index contributed by atoms with van der Waals surface area (Å²) in [5, 5.41) is 6.09. The number of nitrogens with one attached hydrogen (secondary N) is 2. The lowest BCUT2D eigenvalue weighted by atomic mass is 10.1. The van der Waals surface area contributed by atoms with Gasteiger partial charge in [0.05, 0.1) is 23.0 Å². The summed E-state index contributed by atoms with van der Waals surface area (Å²) in [4.78, 5) is 24.8. The van der Waals surface area contributed by atoms with E-state index in [2.05, 4.69) is 44.0 Å². The second-order valence-corrected chi connectivity index (χ2v) is 7.70. The first-order valence-corrected chi connectivity index (χ1v) is 10.2. The van der Waals surface area contributed by atoms with Crippen molar-refractivity contribution in [2.45, 2.75) is 26.1 Å². The molecule has 0 radical (unpaired) electrons. The fourth-order valence-electron chi connectivity index (χ4n) is 3.57. The van der Waals surface area contributed by atoms with Crippen molar-refractivity contribution >= 4 is 28.4 Å². The lowest BCUT2D eigenvalue weighted by molar-refractivity contribution is -0.137. The van der Waals surface area contributed by atoms with Gasteiger partial charge in [-0.05, 0) is 44.2 Å². The van der Waals surface area contributed by atoms with Gasteiger partial charge in [-0.1, -0.05) is 0 Å². The highest BCUT2D eigenvalue weighted by Gasteiger charge is 2.32. The van der Waals surface area contributed by atoms with Crippen molar-refractivity contribution < 1.29 is 18.0 Å². The van der Waals surface area contributed by atoms with Crippen LogP contribution in [0.4, 0.5) is 24.8 Å². The monoisotopic (exact) mass is 454 g/mol. The summed E-state index contributed by atoms with van der Waals surface area (Å²) in [5.74, 6) is -0.525. The van der Waals surface area contributed by atoms with E-state index < -0.39 is 17.6 Å². The topological polar surface area (TPSA) is 84.7 Å². The Kier molecular flexibility index (Phi) is 5.75. The molecule has 0 saturated carbocycles. The maximum atomic E-state index is 13.4. The number of hydrogen-bond donors (Lipinski definition) is 2. The number of aromatic nitrogens is 4. The number of hydrogen-bond acceptors (Lipinski definition) is 5. The lowest BCUT2D eigenvalue weighted by Gasteiger charge is -2.13. The van der Waals surface area contributed by atoms with Crippen molar-refractivity contribution in [1.82, 2.24) is 24.8 Å². The van der Waals surface area contributed by atoms with E-state index in [0.29, 0.717) is 5.69 Å². The maximum absolute atomic E-state index is 13.4. The Labute approximate surface area is 187 Å². The molecule has 170 valence electrons. The first kappa shape index (κ1) is 22.3. The number of amides is 1. The number of fused-ring (bicyclic) bond motifs is 1. The normalized spacial score (nSPS) is 11.7. The van der Waals surface area contributed by atoms with Crippen molar-refractivity contribution in [3.63, 3.8) is 0 Å². The van der Waals surface area contributed by atoms with E-state index in [0.717, 1.165) is 28.6 Å². The number of anilines is 2. The van der Waals surface area contributed by atoms with Gasteiger partial charge in [-0.25, -0.2) is 9.97 Å². The van der Waals surface area contributed by atoms with Gasteiger partial charge >= 0.3 is 6.18 Å². The van der Waals surface area contributed by atoms with Gasteiger partial charge in [-0.15, -0.1) is 0 Å². The zero-order chi connectivity index (χ0) is 23.8. The average Bonchev–Trinajstić information content (AvgIpc) is 3.18. The molecule has 0 saturated heterocycles. The van der Waals surface area contributed by atoms with E-state index in [1.807, 2.05) is 12.3 Å². The minimum atomic E-state index is -4.62. The molecule has 0 aliphatic heterocycles. The van der Waals surface area contributed by atoms with Crippen LogP contribution in [0.2, 0.25) is 0 Å². The molecule has 0 atom stereocenters. The Bertz CT molecular complexity index is 1330. The van der Waals surface area contributed by atoms with Crippen LogP contribution in [0.25, 0.3) is 22.2 Å². The van der Waals surface area contributed by atoms with Crippen LogP contribution in [0.3, 0.4) is 0 Å². The summed E-state index contributed by atoms with van der Waals surface area (Å²) in [5.41, 5.74) is 1.37. The number of pyridine rings is 1. The molecule has 1 aromatic carbocycles. The number of halogens is 3. The molecule has 0 spiro atoms. The van der Waals surface area contributed by atoms with Crippen molar-refractivity contribution in [3.8, 4) is 11.3 Å². The Morgan fingerprint density at radius 2 is 1.91 bits per heavy atom. The summed E-state index contributed by atoms with van der Waals surface area (Å²) in [6.07, 6.45) is 2.35. The van der Waals surface area contributed by atoms with Crippen molar-refractivity contribution in [1.29, 1.82) is 0 Å². The first-order chi connectivity index (χ1) is 15.7. The number of carbonyl (C=O) groups excluding carboxylic acids is 1. The smallest absolute Gasteiger partial charge is 0.355 e. The highest BCUT2D eigenvalue weighted by molar-refractivity contribution is 5.96. The van der Waals surface area contributed by atoms with Crippen LogP contribution in [0.15, 0.2) is 55.1 Å². The molecule has 0 aliphatic carbocycles. The minimum Gasteiger partial charge on any atom is -0.355 e. The van der Waals surface area contributed by atoms with E-state index in [1.165, 1.54) is 19.3 Å². The van der Waals surface area contributed by atoms with E-state index in [1.54, 1.807) is 18.5 Å². The second-order valence-electron chi connectivity index (χ2n) is 7.70. The number of rotatable bonds is 5. The molecule has 10 heteroatoms. The molecule has 3 heterocycles. The Balaban J connectivity index is 1.75. The van der Waals surface area contributed by atoms with Gasteiger partial charge in [0, 0.05) is 53.9 Å².